The average Bonchev–Trinajstić information content (AvgIpc) is 1.56. The summed E-state index contributed by atoms with van der Waals surface area (Å²) in [7, 11) is -5.87. The summed E-state index contributed by atoms with van der Waals surface area (Å²) in [5.74, 6) is 0. The summed E-state index contributed by atoms with van der Waals surface area (Å²) in [5.41, 5.74) is -5.62. The van der Waals surface area contributed by atoms with E-state index in [1.165, 1.54) is 0 Å². The smallest absolute Gasteiger partial charge is 0.347 e. The van der Waals surface area contributed by atoms with Crippen LogP contribution in [-0.2, 0) is 14.3 Å². The second-order valence-electron chi connectivity index (χ2n) is 1.34. The molecule has 0 rings (SSSR count). The topological polar surface area (TPSA) is 43.4 Å². The van der Waals surface area contributed by atoms with Crippen LogP contribution in [0, 0.1) is 0 Å². The van der Waals surface area contributed by atoms with Crippen molar-refractivity contribution in [2.45, 2.75) is 5.51 Å². The van der Waals surface area contributed by atoms with Gasteiger partial charge in [-0.05, 0) is 6.58 Å². The highest BCUT2D eigenvalue weighted by Crippen LogP contribution is 2.26. The second kappa shape index (κ2) is 2.68. The molecule has 0 saturated heterocycles. The van der Waals surface area contributed by atoms with Gasteiger partial charge in [-0.3, -0.25) is 0 Å². The lowest BCUT2D eigenvalue weighted by atomic mass is 11.1. The quantitative estimate of drug-likeness (QED) is 0.288. The minimum atomic E-state index is -5.87. The molecule has 3 nitrogen and oxygen atoms in total. The van der Waals surface area contributed by atoms with Crippen molar-refractivity contribution < 1.29 is 30.2 Å². The van der Waals surface area contributed by atoms with Crippen LogP contribution in [0.4, 0.5) is 17.6 Å². The van der Waals surface area contributed by atoms with Crippen LogP contribution in [0.5, 0.6) is 0 Å². The van der Waals surface area contributed by atoms with Gasteiger partial charge in [0.2, 0.25) is 0 Å². The third-order valence-corrected chi connectivity index (χ3v) is 1.45. The van der Waals surface area contributed by atoms with Crippen LogP contribution in [-0.4, -0.2) is 13.9 Å². The Labute approximate surface area is 59.4 Å². The van der Waals surface area contributed by atoms with Crippen molar-refractivity contribution in [1.29, 1.82) is 0 Å². The Morgan fingerprint density at radius 3 is 1.82 bits per heavy atom. The summed E-state index contributed by atoms with van der Waals surface area (Å²) in [6.07, 6.45) is 0. The Morgan fingerprint density at radius 1 is 1.36 bits per heavy atom. The number of rotatable bonds is 2. The SMILES string of the molecule is C=C(F)OS(=O)(=O)C(F)(F)F. The third kappa shape index (κ3) is 2.74. The molecule has 66 valence electrons. The molecule has 0 bridgehead atoms. The fraction of sp³-hybridized carbons (Fsp3) is 0.333. The molecule has 0 radical (unpaired) electrons. The summed E-state index contributed by atoms with van der Waals surface area (Å²) in [4.78, 5) is 0. The predicted molar refractivity (Wildman–Crippen MR) is 26.3 cm³/mol. The molecule has 0 saturated carbocycles. The van der Waals surface area contributed by atoms with E-state index in [1.54, 1.807) is 0 Å². The minimum Gasteiger partial charge on any atom is -0.347 e. The van der Waals surface area contributed by atoms with E-state index in [9.17, 15) is 26.0 Å². The molecule has 0 aliphatic heterocycles. The van der Waals surface area contributed by atoms with Crippen LogP contribution in [0.3, 0.4) is 0 Å². The van der Waals surface area contributed by atoms with E-state index in [0.29, 0.717) is 0 Å². The van der Waals surface area contributed by atoms with E-state index in [0.717, 1.165) is 0 Å². The van der Waals surface area contributed by atoms with Crippen LogP contribution in [0.25, 0.3) is 0 Å². The Bertz CT molecular complexity index is 250. The highest BCUT2D eigenvalue weighted by molar-refractivity contribution is 7.87. The number of hydrogen-bond donors (Lipinski definition) is 0. The van der Waals surface area contributed by atoms with E-state index in [-0.39, 0.29) is 0 Å². The summed E-state index contributed by atoms with van der Waals surface area (Å²) < 4.78 is 67.7. The third-order valence-electron chi connectivity index (χ3n) is 0.484. The summed E-state index contributed by atoms with van der Waals surface area (Å²) in [6.45, 7) is 2.19. The summed E-state index contributed by atoms with van der Waals surface area (Å²) in [6, 6.07) is -2.03. The van der Waals surface area contributed by atoms with E-state index in [4.69, 9.17) is 0 Å². The fourth-order valence-electron chi connectivity index (χ4n) is 0.166. The van der Waals surface area contributed by atoms with Crippen molar-refractivity contribution in [3.05, 3.63) is 12.6 Å². The molecule has 0 atom stereocenters. The van der Waals surface area contributed by atoms with E-state index in [1.807, 2.05) is 0 Å². The molecule has 0 aliphatic rings. The maximum atomic E-state index is 11.4. The molecule has 0 aliphatic carbocycles. The first-order valence-electron chi connectivity index (χ1n) is 2.02. The zero-order valence-corrected chi connectivity index (χ0v) is 5.67. The Kier molecular flexibility index (Phi) is 2.49. The Balaban J connectivity index is 4.64. The van der Waals surface area contributed by atoms with Gasteiger partial charge in [0.05, 0.1) is 0 Å². The zero-order chi connectivity index (χ0) is 9.28. The summed E-state index contributed by atoms with van der Waals surface area (Å²) in [5, 5.41) is 0. The molecule has 0 spiro atoms. The lowest BCUT2D eigenvalue weighted by molar-refractivity contribution is -0.0534. The first-order valence-corrected chi connectivity index (χ1v) is 3.43. The van der Waals surface area contributed by atoms with E-state index < -0.39 is 21.6 Å². The van der Waals surface area contributed by atoms with Gasteiger partial charge in [0.1, 0.15) is 0 Å². The van der Waals surface area contributed by atoms with Crippen molar-refractivity contribution in [1.82, 2.24) is 0 Å². The molecule has 0 unspecified atom stereocenters. The molecule has 0 aromatic rings. The maximum absolute atomic E-state index is 11.4. The molecule has 0 amide bonds. The molecular formula is C3H2F4O3S. The lowest BCUT2D eigenvalue weighted by Gasteiger charge is -2.05. The number of hydrogen-bond acceptors (Lipinski definition) is 3. The Hall–Kier alpha value is -0.790. The van der Waals surface area contributed by atoms with Gasteiger partial charge in [0, 0.05) is 0 Å². The average molecular weight is 194 g/mol. The normalized spacial score (nSPS) is 12.7. The lowest BCUT2D eigenvalue weighted by Crippen LogP contribution is -2.24. The molecule has 0 aromatic carbocycles. The first kappa shape index (κ1) is 10.2. The fourth-order valence-corrected chi connectivity index (χ4v) is 0.499. The van der Waals surface area contributed by atoms with Crippen LogP contribution in [0.2, 0.25) is 0 Å². The molecule has 11 heavy (non-hydrogen) atoms. The highest BCUT2D eigenvalue weighted by atomic mass is 32.2. The Morgan fingerprint density at radius 2 is 1.73 bits per heavy atom. The van der Waals surface area contributed by atoms with Crippen molar-refractivity contribution in [3.8, 4) is 0 Å². The van der Waals surface area contributed by atoms with E-state index >= 15 is 0 Å². The first-order chi connectivity index (χ1) is 4.67. The van der Waals surface area contributed by atoms with Crippen LogP contribution < -0.4 is 0 Å². The van der Waals surface area contributed by atoms with Crippen molar-refractivity contribution >= 4 is 10.1 Å². The van der Waals surface area contributed by atoms with Gasteiger partial charge >= 0.3 is 15.6 Å². The van der Waals surface area contributed by atoms with Crippen molar-refractivity contribution in [2.75, 3.05) is 0 Å². The monoisotopic (exact) mass is 194 g/mol. The molecule has 0 aromatic heterocycles. The van der Waals surface area contributed by atoms with E-state index in [2.05, 4.69) is 10.8 Å². The molecule has 0 heterocycles. The second-order valence-corrected chi connectivity index (χ2v) is 2.88. The molecule has 0 N–H and O–H groups in total. The van der Waals surface area contributed by atoms with Crippen LogP contribution >= 0.6 is 0 Å². The largest absolute Gasteiger partial charge is 0.534 e. The van der Waals surface area contributed by atoms with Crippen LogP contribution in [0.15, 0.2) is 12.6 Å². The minimum absolute atomic E-state index is 2.03. The van der Waals surface area contributed by atoms with Gasteiger partial charge in [0.15, 0.2) is 0 Å². The summed E-state index contributed by atoms with van der Waals surface area (Å²) >= 11 is 0. The number of halogens is 4. The van der Waals surface area contributed by atoms with Crippen molar-refractivity contribution in [2.24, 2.45) is 0 Å². The maximum Gasteiger partial charge on any atom is 0.534 e. The predicted octanol–water partition coefficient (Wildman–Crippen LogP) is 1.29. The van der Waals surface area contributed by atoms with Gasteiger partial charge in [0.25, 0.3) is 6.01 Å². The number of alkyl halides is 3. The van der Waals surface area contributed by atoms with Gasteiger partial charge < -0.3 is 4.18 Å². The molecular weight excluding hydrogens is 192 g/mol. The van der Waals surface area contributed by atoms with Crippen LogP contribution in [0.1, 0.15) is 0 Å². The van der Waals surface area contributed by atoms with Gasteiger partial charge in [-0.25, -0.2) is 0 Å². The van der Waals surface area contributed by atoms with Gasteiger partial charge in [-0.1, -0.05) is 0 Å². The van der Waals surface area contributed by atoms with Crippen molar-refractivity contribution in [3.63, 3.8) is 0 Å². The molecule has 0 fully saturated rings. The van der Waals surface area contributed by atoms with Gasteiger partial charge in [-0.15, -0.1) is 0 Å². The zero-order valence-electron chi connectivity index (χ0n) is 4.85. The highest BCUT2D eigenvalue weighted by Gasteiger charge is 2.48. The van der Waals surface area contributed by atoms with Gasteiger partial charge in [-0.2, -0.15) is 26.0 Å². The standard InChI is InChI=1S/C3H2F4O3S/c1-2(4)10-11(8,9)3(5,6)7/h1H2. The molecule has 8 heteroatoms.